The monoisotopic (exact) mass is 395 g/mol. The number of anilines is 1. The van der Waals surface area contributed by atoms with Gasteiger partial charge in [0.2, 0.25) is 0 Å². The van der Waals surface area contributed by atoms with E-state index < -0.39 is 18.5 Å². The molecule has 0 atom stereocenters. The summed E-state index contributed by atoms with van der Waals surface area (Å²) in [4.78, 5) is 23.5. The molecule has 0 unspecified atom stereocenters. The molecule has 0 saturated heterocycles. The number of methoxy groups -OCH3 is 1. The van der Waals surface area contributed by atoms with Crippen molar-refractivity contribution in [2.75, 3.05) is 19.0 Å². The van der Waals surface area contributed by atoms with E-state index in [2.05, 4.69) is 5.32 Å². The lowest BCUT2D eigenvalue weighted by Crippen LogP contribution is -2.20. The van der Waals surface area contributed by atoms with Crippen molar-refractivity contribution >= 4 is 46.8 Å². The summed E-state index contributed by atoms with van der Waals surface area (Å²) >= 11 is 11.9. The van der Waals surface area contributed by atoms with Gasteiger partial charge in [-0.1, -0.05) is 35.3 Å². The zero-order chi connectivity index (χ0) is 19.1. The summed E-state index contributed by atoms with van der Waals surface area (Å²) in [6.45, 7) is -0.496. The van der Waals surface area contributed by atoms with Gasteiger partial charge in [-0.25, -0.2) is 4.79 Å². The van der Waals surface area contributed by atoms with Gasteiger partial charge in [0.05, 0.1) is 22.8 Å². The highest BCUT2D eigenvalue weighted by molar-refractivity contribution is 6.39. The summed E-state index contributed by atoms with van der Waals surface area (Å²) in [7, 11) is 1.42. The first kappa shape index (κ1) is 19.6. The van der Waals surface area contributed by atoms with Crippen molar-refractivity contribution in [2.24, 2.45) is 0 Å². The molecule has 136 valence electrons. The lowest BCUT2D eigenvalue weighted by molar-refractivity contribution is -0.142. The van der Waals surface area contributed by atoms with Crippen LogP contribution in [0.4, 0.5) is 5.69 Å². The van der Waals surface area contributed by atoms with Crippen LogP contribution in [0.2, 0.25) is 10.0 Å². The highest BCUT2D eigenvalue weighted by Gasteiger charge is 2.11. The van der Waals surface area contributed by atoms with E-state index in [4.69, 9.17) is 32.7 Å². The minimum absolute atomic E-state index is 0.0119. The van der Waals surface area contributed by atoms with Crippen molar-refractivity contribution in [1.29, 1.82) is 0 Å². The minimum Gasteiger partial charge on any atom is -0.504 e. The number of hydrogen-bond donors (Lipinski definition) is 2. The second kappa shape index (κ2) is 9.12. The molecular formula is C18H15Cl2NO5. The number of carbonyl (C=O) groups excluding carboxylic acids is 2. The molecule has 0 aromatic heterocycles. The Kier molecular flexibility index (Phi) is 6.89. The Morgan fingerprint density at radius 3 is 2.54 bits per heavy atom. The second-order valence-electron chi connectivity index (χ2n) is 5.02. The van der Waals surface area contributed by atoms with Gasteiger partial charge in [0.1, 0.15) is 0 Å². The van der Waals surface area contributed by atoms with E-state index in [0.29, 0.717) is 5.56 Å². The van der Waals surface area contributed by atoms with Gasteiger partial charge in [-0.05, 0) is 35.9 Å². The van der Waals surface area contributed by atoms with E-state index in [-0.39, 0.29) is 27.2 Å². The number of rotatable bonds is 6. The highest BCUT2D eigenvalue weighted by atomic mass is 35.5. The molecule has 8 heteroatoms. The largest absolute Gasteiger partial charge is 0.504 e. The highest BCUT2D eigenvalue weighted by Crippen LogP contribution is 2.29. The molecule has 1 amide bonds. The van der Waals surface area contributed by atoms with Gasteiger partial charge < -0.3 is 19.9 Å². The number of nitrogens with one attached hydrogen (secondary N) is 1. The molecule has 2 N–H and O–H groups in total. The fourth-order valence-electron chi connectivity index (χ4n) is 1.94. The Morgan fingerprint density at radius 2 is 1.88 bits per heavy atom. The van der Waals surface area contributed by atoms with E-state index in [1.807, 2.05) is 0 Å². The van der Waals surface area contributed by atoms with Crippen molar-refractivity contribution in [3.8, 4) is 11.5 Å². The lowest BCUT2D eigenvalue weighted by atomic mass is 10.2. The molecule has 0 spiro atoms. The van der Waals surface area contributed by atoms with Crippen molar-refractivity contribution in [1.82, 2.24) is 0 Å². The first-order valence-corrected chi connectivity index (χ1v) is 8.12. The Bertz CT molecular complexity index is 831. The maximum Gasteiger partial charge on any atom is 0.331 e. The molecule has 0 fully saturated rings. The van der Waals surface area contributed by atoms with Crippen LogP contribution in [0, 0.1) is 0 Å². The number of phenols is 1. The summed E-state index contributed by atoms with van der Waals surface area (Å²) < 4.78 is 9.83. The van der Waals surface area contributed by atoms with Gasteiger partial charge in [0.25, 0.3) is 5.91 Å². The van der Waals surface area contributed by atoms with Crippen LogP contribution in [-0.4, -0.2) is 30.7 Å². The summed E-state index contributed by atoms with van der Waals surface area (Å²) in [6, 6.07) is 9.36. The molecule has 2 rings (SSSR count). The Morgan fingerprint density at radius 1 is 1.19 bits per heavy atom. The summed E-state index contributed by atoms with van der Waals surface area (Å²) in [5.74, 6) is -1.02. The number of phenolic OH excluding ortho intramolecular Hbond substituents is 1. The number of esters is 1. The number of para-hydroxylation sites is 1. The minimum atomic E-state index is -0.711. The predicted molar refractivity (Wildman–Crippen MR) is 99.7 cm³/mol. The van der Waals surface area contributed by atoms with Crippen LogP contribution in [0.3, 0.4) is 0 Å². The molecule has 26 heavy (non-hydrogen) atoms. The van der Waals surface area contributed by atoms with Gasteiger partial charge >= 0.3 is 5.97 Å². The molecule has 0 aliphatic rings. The Balaban J connectivity index is 1.89. The summed E-state index contributed by atoms with van der Waals surface area (Å²) in [6.07, 6.45) is 2.62. The SMILES string of the molecule is COc1cc(/C=C/C(=O)OCC(=O)Nc2c(Cl)cccc2Cl)ccc1O. The lowest BCUT2D eigenvalue weighted by Gasteiger charge is -2.08. The first-order chi connectivity index (χ1) is 12.4. The van der Waals surface area contributed by atoms with E-state index >= 15 is 0 Å². The maximum atomic E-state index is 11.8. The van der Waals surface area contributed by atoms with Crippen molar-refractivity contribution in [3.05, 3.63) is 58.1 Å². The van der Waals surface area contributed by atoms with Gasteiger partial charge in [-0.15, -0.1) is 0 Å². The number of carbonyl (C=O) groups is 2. The molecule has 0 aliphatic heterocycles. The number of ether oxygens (including phenoxy) is 2. The average Bonchev–Trinajstić information content (AvgIpc) is 2.62. The quantitative estimate of drug-likeness (QED) is 0.572. The fraction of sp³-hybridized carbons (Fsp3) is 0.111. The molecule has 0 radical (unpaired) electrons. The maximum absolute atomic E-state index is 11.8. The zero-order valence-electron chi connectivity index (χ0n) is 13.7. The van der Waals surface area contributed by atoms with Gasteiger partial charge in [0, 0.05) is 6.08 Å². The third-order valence-electron chi connectivity index (χ3n) is 3.19. The van der Waals surface area contributed by atoms with Crippen LogP contribution < -0.4 is 10.1 Å². The van der Waals surface area contributed by atoms with Crippen molar-refractivity contribution in [3.63, 3.8) is 0 Å². The first-order valence-electron chi connectivity index (χ1n) is 7.36. The number of benzene rings is 2. The molecule has 0 aliphatic carbocycles. The number of aromatic hydroxyl groups is 1. The molecule has 2 aromatic carbocycles. The topological polar surface area (TPSA) is 84.9 Å². The average molecular weight is 396 g/mol. The summed E-state index contributed by atoms with van der Waals surface area (Å²) in [5, 5.41) is 12.5. The number of hydrogen-bond acceptors (Lipinski definition) is 5. The van der Waals surface area contributed by atoms with Crippen LogP contribution in [0.15, 0.2) is 42.5 Å². The van der Waals surface area contributed by atoms with Gasteiger partial charge in [0.15, 0.2) is 18.1 Å². The summed E-state index contributed by atoms with van der Waals surface area (Å²) in [5.41, 5.74) is 0.868. The normalized spacial score (nSPS) is 10.6. The van der Waals surface area contributed by atoms with E-state index in [0.717, 1.165) is 6.08 Å². The van der Waals surface area contributed by atoms with Crippen molar-refractivity contribution < 1.29 is 24.2 Å². The molecule has 0 bridgehead atoms. The fourth-order valence-corrected chi connectivity index (χ4v) is 2.43. The standard InChI is InChI=1S/C18H15Cl2NO5/c1-25-15-9-11(5-7-14(15)22)6-8-17(24)26-10-16(23)21-18-12(19)3-2-4-13(18)20/h2-9,22H,10H2,1H3,(H,21,23)/b8-6+. The van der Waals surface area contributed by atoms with Gasteiger partial charge in [-0.2, -0.15) is 0 Å². The van der Waals surface area contributed by atoms with Crippen LogP contribution in [-0.2, 0) is 14.3 Å². The van der Waals surface area contributed by atoms with Crippen LogP contribution in [0.25, 0.3) is 6.08 Å². The van der Waals surface area contributed by atoms with Gasteiger partial charge in [-0.3, -0.25) is 4.79 Å². The third-order valence-corrected chi connectivity index (χ3v) is 3.82. The molecule has 0 heterocycles. The smallest absolute Gasteiger partial charge is 0.331 e. The molecule has 2 aromatic rings. The third kappa shape index (κ3) is 5.40. The zero-order valence-corrected chi connectivity index (χ0v) is 15.2. The van der Waals surface area contributed by atoms with E-state index in [1.165, 1.54) is 19.3 Å². The Labute approximate surface area is 159 Å². The molecule has 6 nitrogen and oxygen atoms in total. The van der Waals surface area contributed by atoms with Crippen molar-refractivity contribution in [2.45, 2.75) is 0 Å². The molecule has 0 saturated carbocycles. The predicted octanol–water partition coefficient (Wildman–Crippen LogP) is 3.90. The van der Waals surface area contributed by atoms with Crippen LogP contribution >= 0.6 is 23.2 Å². The van der Waals surface area contributed by atoms with E-state index in [1.54, 1.807) is 30.3 Å². The van der Waals surface area contributed by atoms with Crippen LogP contribution in [0.5, 0.6) is 11.5 Å². The van der Waals surface area contributed by atoms with E-state index in [9.17, 15) is 14.7 Å². The Hall–Kier alpha value is -2.70. The molecular weight excluding hydrogens is 381 g/mol. The van der Waals surface area contributed by atoms with Crippen LogP contribution in [0.1, 0.15) is 5.56 Å². The number of halogens is 2. The number of amides is 1. The second-order valence-corrected chi connectivity index (χ2v) is 5.83.